The van der Waals surface area contributed by atoms with Crippen LogP contribution < -0.4 is 11.1 Å². The molecule has 0 saturated carbocycles. The number of hydrogen-bond acceptors (Lipinski definition) is 2. The van der Waals surface area contributed by atoms with Crippen LogP contribution in [0, 0.1) is 5.92 Å². The molecule has 1 unspecified atom stereocenters. The minimum Gasteiger partial charge on any atom is -0.370 e. The molecule has 106 valence electrons. The zero-order chi connectivity index (χ0) is 14.1. The van der Waals surface area contributed by atoms with Crippen LogP contribution in [-0.2, 0) is 4.79 Å². The van der Waals surface area contributed by atoms with Gasteiger partial charge in [-0.3, -0.25) is 4.79 Å². The molecule has 1 amide bonds. The van der Waals surface area contributed by atoms with Crippen molar-refractivity contribution in [2.24, 2.45) is 11.7 Å². The Kier molecular flexibility index (Phi) is 7.19. The van der Waals surface area contributed by atoms with Gasteiger partial charge in [0.25, 0.3) is 0 Å². The van der Waals surface area contributed by atoms with E-state index in [9.17, 15) is 4.79 Å². The van der Waals surface area contributed by atoms with Crippen LogP contribution in [0.2, 0.25) is 0 Å². The third kappa shape index (κ3) is 6.97. The molecule has 1 aromatic rings. The van der Waals surface area contributed by atoms with Crippen LogP contribution in [0.15, 0.2) is 30.3 Å². The fourth-order valence-corrected chi connectivity index (χ4v) is 2.19. The van der Waals surface area contributed by atoms with Gasteiger partial charge in [0.05, 0.1) is 0 Å². The van der Waals surface area contributed by atoms with E-state index in [4.69, 9.17) is 5.73 Å². The summed E-state index contributed by atoms with van der Waals surface area (Å²) in [5, 5.41) is 3.59. The van der Waals surface area contributed by atoms with Crippen molar-refractivity contribution < 1.29 is 4.79 Å². The molecule has 3 N–H and O–H groups in total. The fourth-order valence-electron chi connectivity index (χ4n) is 2.19. The molecule has 1 atom stereocenters. The zero-order valence-electron chi connectivity index (χ0n) is 12.1. The first-order valence-corrected chi connectivity index (χ1v) is 7.16. The number of primary amides is 1. The quantitative estimate of drug-likeness (QED) is 0.672. The molecule has 0 radical (unpaired) electrons. The molecule has 1 aromatic carbocycles. The van der Waals surface area contributed by atoms with Gasteiger partial charge in [-0.2, -0.15) is 0 Å². The normalized spacial score (nSPS) is 12.6. The summed E-state index contributed by atoms with van der Waals surface area (Å²) in [6.07, 6.45) is 3.47. The lowest BCUT2D eigenvalue weighted by atomic mass is 9.97. The molecule has 0 heterocycles. The second-order valence-corrected chi connectivity index (χ2v) is 5.47. The van der Waals surface area contributed by atoms with Gasteiger partial charge in [-0.05, 0) is 37.3 Å². The maximum absolute atomic E-state index is 10.7. The van der Waals surface area contributed by atoms with E-state index in [1.54, 1.807) is 0 Å². The van der Waals surface area contributed by atoms with Crippen LogP contribution in [0.1, 0.15) is 51.1 Å². The van der Waals surface area contributed by atoms with Crippen LogP contribution in [-0.4, -0.2) is 12.5 Å². The number of amides is 1. The third-order valence-corrected chi connectivity index (χ3v) is 3.15. The van der Waals surface area contributed by atoms with Crippen molar-refractivity contribution in [2.45, 2.75) is 45.6 Å². The molecule has 0 fully saturated rings. The molecule has 1 rings (SSSR count). The van der Waals surface area contributed by atoms with E-state index in [1.807, 2.05) is 6.07 Å². The highest BCUT2D eigenvalue weighted by Crippen LogP contribution is 2.20. The number of unbranched alkanes of at least 4 members (excludes halogenated alkanes) is 1. The van der Waals surface area contributed by atoms with Crippen molar-refractivity contribution >= 4 is 5.91 Å². The second-order valence-electron chi connectivity index (χ2n) is 5.47. The maximum atomic E-state index is 10.7. The van der Waals surface area contributed by atoms with E-state index in [0.717, 1.165) is 25.8 Å². The lowest BCUT2D eigenvalue weighted by Crippen LogP contribution is -2.24. The van der Waals surface area contributed by atoms with Crippen LogP contribution in [0.5, 0.6) is 0 Å². The summed E-state index contributed by atoms with van der Waals surface area (Å²) in [7, 11) is 0. The van der Waals surface area contributed by atoms with E-state index in [0.29, 0.717) is 18.4 Å². The van der Waals surface area contributed by atoms with Crippen molar-refractivity contribution in [3.8, 4) is 0 Å². The van der Waals surface area contributed by atoms with E-state index in [-0.39, 0.29) is 5.91 Å². The molecule has 0 saturated heterocycles. The molecule has 0 bridgehead atoms. The molecular formula is C16H26N2O. The number of nitrogens with two attached hydrogens (primary N) is 1. The van der Waals surface area contributed by atoms with Crippen LogP contribution in [0.25, 0.3) is 0 Å². The van der Waals surface area contributed by atoms with Gasteiger partial charge in [-0.15, -0.1) is 0 Å². The smallest absolute Gasteiger partial charge is 0.217 e. The van der Waals surface area contributed by atoms with Crippen molar-refractivity contribution in [1.82, 2.24) is 5.32 Å². The van der Waals surface area contributed by atoms with E-state index in [2.05, 4.69) is 43.4 Å². The van der Waals surface area contributed by atoms with Gasteiger partial charge in [0.1, 0.15) is 0 Å². The number of nitrogens with one attached hydrogen (secondary N) is 1. The topological polar surface area (TPSA) is 55.1 Å². The minimum atomic E-state index is -0.207. The largest absolute Gasteiger partial charge is 0.370 e. The van der Waals surface area contributed by atoms with Crippen LogP contribution in [0.3, 0.4) is 0 Å². The molecule has 3 nitrogen and oxygen atoms in total. The second kappa shape index (κ2) is 8.70. The number of carbonyl (C=O) groups is 1. The van der Waals surface area contributed by atoms with Crippen molar-refractivity contribution in [3.05, 3.63) is 35.9 Å². The summed E-state index contributed by atoms with van der Waals surface area (Å²) in [5.41, 5.74) is 6.47. The highest BCUT2D eigenvalue weighted by atomic mass is 16.1. The van der Waals surface area contributed by atoms with E-state index < -0.39 is 0 Å². The lowest BCUT2D eigenvalue weighted by molar-refractivity contribution is -0.118. The average molecular weight is 262 g/mol. The van der Waals surface area contributed by atoms with Gasteiger partial charge in [0, 0.05) is 12.5 Å². The summed E-state index contributed by atoms with van der Waals surface area (Å²) in [6, 6.07) is 10.9. The Morgan fingerprint density at radius 2 is 1.89 bits per heavy atom. The van der Waals surface area contributed by atoms with Gasteiger partial charge in [-0.1, -0.05) is 44.2 Å². The molecule has 0 aromatic heterocycles. The number of carbonyl (C=O) groups excluding carboxylic acids is 1. The zero-order valence-corrected chi connectivity index (χ0v) is 12.1. The van der Waals surface area contributed by atoms with Gasteiger partial charge < -0.3 is 11.1 Å². The predicted octanol–water partition coefficient (Wildman–Crippen LogP) is 3.02. The van der Waals surface area contributed by atoms with Crippen LogP contribution in [0.4, 0.5) is 0 Å². The summed E-state index contributed by atoms with van der Waals surface area (Å²) in [5.74, 6) is 0.449. The Morgan fingerprint density at radius 3 is 2.47 bits per heavy atom. The van der Waals surface area contributed by atoms with Gasteiger partial charge in [0.15, 0.2) is 0 Å². The Labute approximate surface area is 116 Å². The van der Waals surface area contributed by atoms with Gasteiger partial charge in [-0.25, -0.2) is 0 Å². The van der Waals surface area contributed by atoms with E-state index in [1.165, 1.54) is 5.56 Å². The molecule has 0 spiro atoms. The Morgan fingerprint density at radius 1 is 1.21 bits per heavy atom. The Bertz CT molecular complexity index is 362. The summed E-state index contributed by atoms with van der Waals surface area (Å²) < 4.78 is 0. The lowest BCUT2D eigenvalue weighted by Gasteiger charge is -2.21. The SMILES string of the molecule is CC(C)CC(NCCCCC(N)=O)c1ccccc1. The Balaban J connectivity index is 2.40. The standard InChI is InChI=1S/C16H26N2O/c1-13(2)12-15(14-8-4-3-5-9-14)18-11-7-6-10-16(17)19/h3-5,8-9,13,15,18H,6-7,10-12H2,1-2H3,(H2,17,19). The maximum Gasteiger partial charge on any atom is 0.217 e. The summed E-state index contributed by atoms with van der Waals surface area (Å²) >= 11 is 0. The average Bonchev–Trinajstić information content (AvgIpc) is 2.37. The minimum absolute atomic E-state index is 0.207. The molecule has 19 heavy (non-hydrogen) atoms. The van der Waals surface area contributed by atoms with Gasteiger partial charge >= 0.3 is 0 Å². The van der Waals surface area contributed by atoms with Crippen LogP contribution >= 0.6 is 0 Å². The number of hydrogen-bond donors (Lipinski definition) is 2. The third-order valence-electron chi connectivity index (χ3n) is 3.15. The monoisotopic (exact) mass is 262 g/mol. The van der Waals surface area contributed by atoms with Crippen molar-refractivity contribution in [2.75, 3.05) is 6.54 Å². The molecular weight excluding hydrogens is 236 g/mol. The first kappa shape index (κ1) is 15.7. The highest BCUT2D eigenvalue weighted by molar-refractivity contribution is 5.73. The summed E-state index contributed by atoms with van der Waals surface area (Å²) in [6.45, 7) is 5.41. The first-order chi connectivity index (χ1) is 9.09. The molecule has 0 aliphatic carbocycles. The number of rotatable bonds is 9. The van der Waals surface area contributed by atoms with Crippen molar-refractivity contribution in [3.63, 3.8) is 0 Å². The first-order valence-electron chi connectivity index (χ1n) is 7.16. The molecule has 3 heteroatoms. The van der Waals surface area contributed by atoms with Crippen molar-refractivity contribution in [1.29, 1.82) is 0 Å². The van der Waals surface area contributed by atoms with E-state index >= 15 is 0 Å². The van der Waals surface area contributed by atoms with Gasteiger partial charge in [0.2, 0.25) is 5.91 Å². The number of benzene rings is 1. The predicted molar refractivity (Wildman–Crippen MR) is 79.7 cm³/mol. The fraction of sp³-hybridized carbons (Fsp3) is 0.562. The Hall–Kier alpha value is -1.35. The molecule has 0 aliphatic heterocycles. The molecule has 0 aliphatic rings. The highest BCUT2D eigenvalue weighted by Gasteiger charge is 2.12. The summed E-state index contributed by atoms with van der Waals surface area (Å²) in [4.78, 5) is 10.7.